The lowest BCUT2D eigenvalue weighted by atomic mass is 10.1. The maximum absolute atomic E-state index is 4.67. The van der Waals surface area contributed by atoms with E-state index >= 15 is 0 Å². The summed E-state index contributed by atoms with van der Waals surface area (Å²) in [7, 11) is 4.10. The maximum atomic E-state index is 4.67. The van der Waals surface area contributed by atoms with Crippen LogP contribution in [0.5, 0.6) is 0 Å². The van der Waals surface area contributed by atoms with Crippen LogP contribution in [0.25, 0.3) is 11.3 Å². The molecule has 0 aliphatic carbocycles. The van der Waals surface area contributed by atoms with Gasteiger partial charge < -0.3 is 15.5 Å². The predicted octanol–water partition coefficient (Wildman–Crippen LogP) is 3.17. The molecule has 0 saturated heterocycles. The van der Waals surface area contributed by atoms with Crippen LogP contribution >= 0.6 is 0 Å². The first-order valence-corrected chi connectivity index (χ1v) is 9.17. The van der Waals surface area contributed by atoms with E-state index in [1.807, 2.05) is 62.8 Å². The van der Waals surface area contributed by atoms with E-state index in [0.29, 0.717) is 5.95 Å². The third kappa shape index (κ3) is 6.04. The Bertz CT molecular complexity index is 821. The Balaban J connectivity index is 1.72. The number of rotatable bonds is 9. The van der Waals surface area contributed by atoms with Gasteiger partial charge in [-0.2, -0.15) is 4.98 Å². The monoisotopic (exact) mass is 362 g/mol. The summed E-state index contributed by atoms with van der Waals surface area (Å²) in [4.78, 5) is 15.8. The van der Waals surface area contributed by atoms with Crippen LogP contribution in [0.2, 0.25) is 0 Å². The summed E-state index contributed by atoms with van der Waals surface area (Å²) in [5.41, 5.74) is 3.04. The van der Waals surface area contributed by atoms with Crippen molar-refractivity contribution < 1.29 is 0 Å². The molecule has 3 rings (SSSR count). The van der Waals surface area contributed by atoms with Crippen molar-refractivity contribution in [2.45, 2.75) is 6.42 Å². The van der Waals surface area contributed by atoms with Crippen LogP contribution in [-0.2, 0) is 6.42 Å². The Morgan fingerprint density at radius 1 is 0.889 bits per heavy atom. The minimum absolute atomic E-state index is 0.638. The molecule has 0 radical (unpaired) electrons. The van der Waals surface area contributed by atoms with Gasteiger partial charge in [-0.05, 0) is 26.2 Å². The second-order valence-corrected chi connectivity index (χ2v) is 6.56. The highest BCUT2D eigenvalue weighted by molar-refractivity contribution is 5.64. The van der Waals surface area contributed by atoms with Crippen LogP contribution < -0.4 is 10.6 Å². The Kier molecular flexibility index (Phi) is 6.71. The van der Waals surface area contributed by atoms with Gasteiger partial charge in [0.2, 0.25) is 5.95 Å². The van der Waals surface area contributed by atoms with Crippen LogP contribution in [0, 0.1) is 0 Å². The normalized spacial score (nSPS) is 10.8. The minimum Gasteiger partial charge on any atom is -0.369 e. The predicted molar refractivity (Wildman–Crippen MR) is 111 cm³/mol. The Hall–Kier alpha value is -2.99. The number of nitrogens with one attached hydrogen (secondary N) is 2. The van der Waals surface area contributed by atoms with E-state index in [0.717, 1.165) is 48.8 Å². The molecule has 2 N–H and O–H groups in total. The fourth-order valence-electron chi connectivity index (χ4n) is 2.63. The average Bonchev–Trinajstić information content (AvgIpc) is 2.69. The zero-order chi connectivity index (χ0) is 18.9. The van der Waals surface area contributed by atoms with Crippen LogP contribution in [0.1, 0.15) is 5.69 Å². The lowest BCUT2D eigenvalue weighted by Crippen LogP contribution is -2.21. The average molecular weight is 362 g/mol. The second kappa shape index (κ2) is 9.64. The molecule has 0 amide bonds. The molecular weight excluding hydrogens is 336 g/mol. The van der Waals surface area contributed by atoms with Crippen molar-refractivity contribution >= 4 is 11.8 Å². The van der Waals surface area contributed by atoms with Crippen LogP contribution in [-0.4, -0.2) is 53.6 Å². The van der Waals surface area contributed by atoms with Gasteiger partial charge in [0.1, 0.15) is 5.82 Å². The molecule has 0 bridgehead atoms. The van der Waals surface area contributed by atoms with E-state index in [4.69, 9.17) is 0 Å². The largest absolute Gasteiger partial charge is 0.369 e. The molecule has 6 nitrogen and oxygen atoms in total. The van der Waals surface area contributed by atoms with Crippen molar-refractivity contribution in [3.05, 3.63) is 66.5 Å². The van der Waals surface area contributed by atoms with E-state index in [2.05, 4.69) is 42.6 Å². The smallest absolute Gasteiger partial charge is 0.225 e. The third-order valence-electron chi connectivity index (χ3n) is 4.05. The maximum Gasteiger partial charge on any atom is 0.225 e. The topological polar surface area (TPSA) is 66.0 Å². The summed E-state index contributed by atoms with van der Waals surface area (Å²) >= 11 is 0. The molecule has 2 heterocycles. The number of hydrogen-bond acceptors (Lipinski definition) is 6. The molecule has 1 aromatic carbocycles. The summed E-state index contributed by atoms with van der Waals surface area (Å²) in [5.74, 6) is 1.45. The summed E-state index contributed by atoms with van der Waals surface area (Å²) in [6.07, 6.45) is 2.66. The van der Waals surface area contributed by atoms with Crippen molar-refractivity contribution in [1.29, 1.82) is 0 Å². The number of anilines is 2. The lowest BCUT2D eigenvalue weighted by Gasteiger charge is -2.13. The molecule has 0 spiro atoms. The van der Waals surface area contributed by atoms with Gasteiger partial charge in [0.25, 0.3) is 0 Å². The number of aromatic nitrogens is 3. The van der Waals surface area contributed by atoms with Crippen molar-refractivity contribution in [1.82, 2.24) is 19.9 Å². The van der Waals surface area contributed by atoms with Gasteiger partial charge >= 0.3 is 0 Å². The summed E-state index contributed by atoms with van der Waals surface area (Å²) in [5, 5.41) is 6.72. The standard InChI is InChI=1S/C21H26N6/c1-27(2)15-14-24-21-25-19(17-8-4-3-5-9-17)16-20(26-21)23-13-11-18-10-6-7-12-22-18/h3-10,12,16H,11,13-15H2,1-2H3,(H2,23,24,25,26). The van der Waals surface area contributed by atoms with Gasteiger partial charge in [-0.1, -0.05) is 36.4 Å². The van der Waals surface area contributed by atoms with Gasteiger partial charge in [0, 0.05) is 49.6 Å². The second-order valence-electron chi connectivity index (χ2n) is 6.56. The molecule has 0 aliphatic heterocycles. The van der Waals surface area contributed by atoms with Crippen LogP contribution in [0.3, 0.4) is 0 Å². The fourth-order valence-corrected chi connectivity index (χ4v) is 2.63. The molecule has 3 aromatic rings. The first-order chi connectivity index (χ1) is 13.2. The molecule has 140 valence electrons. The van der Waals surface area contributed by atoms with Crippen LogP contribution in [0.4, 0.5) is 11.8 Å². The van der Waals surface area contributed by atoms with Crippen molar-refractivity contribution in [3.63, 3.8) is 0 Å². The zero-order valence-electron chi connectivity index (χ0n) is 15.9. The number of hydrogen-bond donors (Lipinski definition) is 2. The summed E-state index contributed by atoms with van der Waals surface area (Å²) in [6, 6.07) is 18.1. The van der Waals surface area contributed by atoms with E-state index in [1.165, 1.54) is 0 Å². The van der Waals surface area contributed by atoms with E-state index in [-0.39, 0.29) is 0 Å². The van der Waals surface area contributed by atoms with Gasteiger partial charge in [-0.15, -0.1) is 0 Å². The molecule has 0 unspecified atom stereocenters. The van der Waals surface area contributed by atoms with Crippen molar-refractivity contribution in [2.75, 3.05) is 44.4 Å². The molecule has 0 atom stereocenters. The highest BCUT2D eigenvalue weighted by Crippen LogP contribution is 2.21. The number of benzene rings is 1. The molecule has 6 heteroatoms. The van der Waals surface area contributed by atoms with Gasteiger partial charge in [0.05, 0.1) is 5.69 Å². The molecule has 0 fully saturated rings. The van der Waals surface area contributed by atoms with Crippen molar-refractivity contribution in [3.8, 4) is 11.3 Å². The highest BCUT2D eigenvalue weighted by Gasteiger charge is 2.07. The van der Waals surface area contributed by atoms with Crippen molar-refractivity contribution in [2.24, 2.45) is 0 Å². The molecule has 0 aliphatic rings. The first kappa shape index (κ1) is 18.8. The van der Waals surface area contributed by atoms with Gasteiger partial charge in [0.15, 0.2) is 0 Å². The number of nitrogens with zero attached hydrogens (tertiary/aromatic N) is 4. The third-order valence-corrected chi connectivity index (χ3v) is 4.05. The SMILES string of the molecule is CN(C)CCNc1nc(NCCc2ccccn2)cc(-c2ccccc2)n1. The fraction of sp³-hybridized carbons (Fsp3) is 0.286. The molecule has 0 saturated carbocycles. The quantitative estimate of drug-likeness (QED) is 0.609. The molecular formula is C21H26N6. The molecule has 2 aromatic heterocycles. The zero-order valence-corrected chi connectivity index (χ0v) is 15.9. The number of pyridine rings is 1. The minimum atomic E-state index is 0.638. The summed E-state index contributed by atoms with van der Waals surface area (Å²) in [6.45, 7) is 2.47. The Morgan fingerprint density at radius 3 is 2.44 bits per heavy atom. The number of likely N-dealkylation sites (N-methyl/N-ethyl adjacent to an activating group) is 1. The first-order valence-electron chi connectivity index (χ1n) is 9.17. The Morgan fingerprint density at radius 2 is 1.70 bits per heavy atom. The van der Waals surface area contributed by atoms with Crippen LogP contribution in [0.15, 0.2) is 60.8 Å². The van der Waals surface area contributed by atoms with E-state index in [1.54, 1.807) is 0 Å². The molecule has 27 heavy (non-hydrogen) atoms. The lowest BCUT2D eigenvalue weighted by molar-refractivity contribution is 0.425. The Labute approximate surface area is 160 Å². The highest BCUT2D eigenvalue weighted by atomic mass is 15.2. The van der Waals surface area contributed by atoms with Gasteiger partial charge in [-0.3, -0.25) is 4.98 Å². The van der Waals surface area contributed by atoms with Gasteiger partial charge in [-0.25, -0.2) is 4.98 Å². The summed E-state index contributed by atoms with van der Waals surface area (Å²) < 4.78 is 0. The van der Waals surface area contributed by atoms with E-state index in [9.17, 15) is 0 Å². The van der Waals surface area contributed by atoms with E-state index < -0.39 is 0 Å².